The van der Waals surface area contributed by atoms with Crippen molar-refractivity contribution in [2.75, 3.05) is 6.61 Å². The number of ether oxygens (including phenoxy) is 1. The molecule has 2 heterocycles. The van der Waals surface area contributed by atoms with Gasteiger partial charge in [0.25, 0.3) is 5.91 Å². The number of carbonyl (C=O) groups is 2. The molecular weight excluding hydrogens is 488 g/mol. The number of carbonyl (C=O) groups excluding carboxylic acids is 2. The molecule has 7 nitrogen and oxygen atoms in total. The van der Waals surface area contributed by atoms with E-state index < -0.39 is 11.6 Å². The Morgan fingerprint density at radius 2 is 1.82 bits per heavy atom. The molecule has 1 unspecified atom stereocenters. The molecule has 1 fully saturated rings. The predicted octanol–water partition coefficient (Wildman–Crippen LogP) is 5.54. The minimum Gasteiger partial charge on any atom is -0.493 e. The SMILES string of the molecule is CCC1(CC)CC(=O)N(C(Cc2ccccc2)c2cccc(C(=O)N[C@H]3CCOc4ccccc43)c2)C(=N)N1. The molecule has 202 valence electrons. The van der Waals surface area contributed by atoms with E-state index in [1.807, 2.05) is 86.6 Å². The number of nitrogens with zero attached hydrogens (tertiary/aromatic N) is 1. The Labute approximate surface area is 230 Å². The average Bonchev–Trinajstić information content (AvgIpc) is 2.97. The summed E-state index contributed by atoms with van der Waals surface area (Å²) in [4.78, 5) is 28.6. The molecule has 3 N–H and O–H groups in total. The number of para-hydroxylation sites is 1. The number of guanidine groups is 1. The Morgan fingerprint density at radius 3 is 2.56 bits per heavy atom. The molecule has 0 aromatic heterocycles. The third-order valence-electron chi connectivity index (χ3n) is 8.12. The lowest BCUT2D eigenvalue weighted by Crippen LogP contribution is -2.62. The molecule has 0 bridgehead atoms. The fourth-order valence-corrected chi connectivity index (χ4v) is 5.68. The fourth-order valence-electron chi connectivity index (χ4n) is 5.68. The molecule has 1 saturated heterocycles. The van der Waals surface area contributed by atoms with Gasteiger partial charge in [-0.15, -0.1) is 0 Å². The van der Waals surface area contributed by atoms with Gasteiger partial charge in [0, 0.05) is 23.1 Å². The van der Waals surface area contributed by atoms with E-state index in [1.165, 1.54) is 0 Å². The standard InChI is InChI=1S/C32H36N4O3/c1-3-32(4-2)21-29(37)36(31(33)35-32)27(19-22-11-6-5-7-12-22)23-13-10-14-24(20-23)30(38)34-26-17-18-39-28-16-9-8-15-25(26)28/h5-16,20,26-27H,3-4,17-19,21H2,1-2H3,(H2,33,35)(H,34,38)/t26-,27?/m0/s1. The largest absolute Gasteiger partial charge is 0.493 e. The van der Waals surface area contributed by atoms with Crippen molar-refractivity contribution in [2.24, 2.45) is 0 Å². The zero-order chi connectivity index (χ0) is 27.4. The van der Waals surface area contributed by atoms with Crippen molar-refractivity contribution >= 4 is 17.8 Å². The van der Waals surface area contributed by atoms with Crippen LogP contribution < -0.4 is 15.4 Å². The third-order valence-corrected chi connectivity index (χ3v) is 8.12. The minimum atomic E-state index is -0.428. The quantitative estimate of drug-likeness (QED) is 0.361. The molecule has 2 atom stereocenters. The highest BCUT2D eigenvalue weighted by atomic mass is 16.5. The van der Waals surface area contributed by atoms with Crippen molar-refractivity contribution in [3.63, 3.8) is 0 Å². The van der Waals surface area contributed by atoms with E-state index in [4.69, 9.17) is 10.1 Å². The summed E-state index contributed by atoms with van der Waals surface area (Å²) in [6.07, 6.45) is 3.08. The van der Waals surface area contributed by atoms with Gasteiger partial charge in [0.2, 0.25) is 5.91 Å². The summed E-state index contributed by atoms with van der Waals surface area (Å²) in [7, 11) is 0. The van der Waals surface area contributed by atoms with E-state index in [0.717, 1.165) is 35.3 Å². The number of amides is 2. The topological polar surface area (TPSA) is 94.5 Å². The van der Waals surface area contributed by atoms with Crippen LogP contribution in [0.3, 0.4) is 0 Å². The van der Waals surface area contributed by atoms with E-state index in [-0.39, 0.29) is 23.8 Å². The number of rotatable bonds is 8. The molecule has 5 rings (SSSR count). The maximum atomic E-state index is 13.6. The van der Waals surface area contributed by atoms with Gasteiger partial charge in [-0.2, -0.15) is 0 Å². The third kappa shape index (κ3) is 5.53. The molecule has 2 aliphatic rings. The van der Waals surface area contributed by atoms with Gasteiger partial charge in [-0.25, -0.2) is 0 Å². The first kappa shape index (κ1) is 26.5. The van der Waals surface area contributed by atoms with Gasteiger partial charge in [0.05, 0.1) is 25.1 Å². The molecular formula is C32H36N4O3. The molecule has 0 saturated carbocycles. The van der Waals surface area contributed by atoms with Crippen molar-refractivity contribution in [2.45, 2.75) is 63.6 Å². The van der Waals surface area contributed by atoms with Crippen molar-refractivity contribution in [3.8, 4) is 5.75 Å². The van der Waals surface area contributed by atoms with Crippen molar-refractivity contribution < 1.29 is 14.3 Å². The smallest absolute Gasteiger partial charge is 0.251 e. The van der Waals surface area contributed by atoms with Crippen LogP contribution >= 0.6 is 0 Å². The van der Waals surface area contributed by atoms with Gasteiger partial charge in [-0.3, -0.25) is 19.9 Å². The summed E-state index contributed by atoms with van der Waals surface area (Å²) in [6.45, 7) is 4.64. The van der Waals surface area contributed by atoms with Crippen molar-refractivity contribution in [1.29, 1.82) is 5.41 Å². The highest BCUT2D eigenvalue weighted by molar-refractivity contribution is 6.00. The van der Waals surface area contributed by atoms with Crippen LogP contribution in [0.4, 0.5) is 0 Å². The van der Waals surface area contributed by atoms with Crippen molar-refractivity contribution in [3.05, 3.63) is 101 Å². The molecule has 0 spiro atoms. The second-order valence-electron chi connectivity index (χ2n) is 10.4. The average molecular weight is 525 g/mol. The maximum Gasteiger partial charge on any atom is 0.251 e. The first-order chi connectivity index (χ1) is 18.9. The predicted molar refractivity (Wildman–Crippen MR) is 152 cm³/mol. The van der Waals surface area contributed by atoms with Crippen LogP contribution in [0.15, 0.2) is 78.9 Å². The summed E-state index contributed by atoms with van der Waals surface area (Å²) in [5.41, 5.74) is 2.97. The van der Waals surface area contributed by atoms with Gasteiger partial charge in [-0.1, -0.05) is 74.5 Å². The lowest BCUT2D eigenvalue weighted by Gasteiger charge is -2.45. The van der Waals surface area contributed by atoms with Gasteiger partial charge < -0.3 is 15.4 Å². The number of nitrogens with one attached hydrogen (secondary N) is 3. The second-order valence-corrected chi connectivity index (χ2v) is 10.4. The molecule has 0 radical (unpaired) electrons. The number of fused-ring (bicyclic) bond motifs is 1. The first-order valence-corrected chi connectivity index (χ1v) is 13.8. The molecule has 39 heavy (non-hydrogen) atoms. The van der Waals surface area contributed by atoms with E-state index >= 15 is 0 Å². The lowest BCUT2D eigenvalue weighted by atomic mass is 9.85. The van der Waals surface area contributed by atoms with Gasteiger partial charge >= 0.3 is 0 Å². The van der Waals surface area contributed by atoms with E-state index in [1.54, 1.807) is 11.0 Å². The maximum absolute atomic E-state index is 13.6. The highest BCUT2D eigenvalue weighted by Gasteiger charge is 2.42. The monoisotopic (exact) mass is 524 g/mol. The van der Waals surface area contributed by atoms with Gasteiger partial charge in [0.15, 0.2) is 5.96 Å². The first-order valence-electron chi connectivity index (χ1n) is 13.8. The van der Waals surface area contributed by atoms with Gasteiger partial charge in [0.1, 0.15) is 5.75 Å². The molecule has 2 amide bonds. The Balaban J connectivity index is 1.44. The fraction of sp³-hybridized carbons (Fsp3) is 0.344. The highest BCUT2D eigenvalue weighted by Crippen LogP contribution is 2.34. The minimum absolute atomic E-state index is 0.0722. The zero-order valence-electron chi connectivity index (χ0n) is 22.6. The van der Waals surface area contributed by atoms with E-state index in [0.29, 0.717) is 31.4 Å². The van der Waals surface area contributed by atoms with E-state index in [2.05, 4.69) is 10.6 Å². The molecule has 3 aromatic rings. The van der Waals surface area contributed by atoms with Crippen LogP contribution in [-0.4, -0.2) is 34.8 Å². The second kappa shape index (κ2) is 11.3. The lowest BCUT2D eigenvalue weighted by molar-refractivity contribution is -0.132. The molecule has 2 aliphatic heterocycles. The zero-order valence-corrected chi connectivity index (χ0v) is 22.6. The van der Waals surface area contributed by atoms with Gasteiger partial charge in [-0.05, 0) is 48.6 Å². The molecule has 7 heteroatoms. The van der Waals surface area contributed by atoms with E-state index in [9.17, 15) is 9.59 Å². The Kier molecular flexibility index (Phi) is 7.68. The summed E-state index contributed by atoms with van der Waals surface area (Å²) >= 11 is 0. The number of hydrogen-bond acceptors (Lipinski definition) is 4. The number of hydrogen-bond donors (Lipinski definition) is 3. The Morgan fingerprint density at radius 1 is 1.08 bits per heavy atom. The van der Waals surface area contributed by atoms with Crippen LogP contribution in [0.5, 0.6) is 5.75 Å². The summed E-state index contributed by atoms with van der Waals surface area (Å²) in [6, 6.07) is 24.6. The molecule has 0 aliphatic carbocycles. The summed E-state index contributed by atoms with van der Waals surface area (Å²) in [5, 5.41) is 15.4. The van der Waals surface area contributed by atoms with Crippen LogP contribution in [0.1, 0.15) is 78.7 Å². The van der Waals surface area contributed by atoms with Crippen LogP contribution in [-0.2, 0) is 11.2 Å². The Hall–Kier alpha value is -4.13. The summed E-state index contributed by atoms with van der Waals surface area (Å²) < 4.78 is 5.75. The number of benzene rings is 3. The summed E-state index contributed by atoms with van der Waals surface area (Å²) in [5.74, 6) is 0.670. The van der Waals surface area contributed by atoms with Crippen LogP contribution in [0, 0.1) is 5.41 Å². The van der Waals surface area contributed by atoms with Crippen LogP contribution in [0.2, 0.25) is 0 Å². The van der Waals surface area contributed by atoms with Crippen LogP contribution in [0.25, 0.3) is 0 Å². The van der Waals surface area contributed by atoms with Crippen molar-refractivity contribution in [1.82, 2.24) is 15.5 Å². The normalized spacial score (nSPS) is 18.9. The molecule has 3 aromatic carbocycles. The Bertz CT molecular complexity index is 1330.